The second kappa shape index (κ2) is 12.3. The van der Waals surface area contributed by atoms with Gasteiger partial charge in [-0.25, -0.2) is 18.5 Å². The van der Waals surface area contributed by atoms with Gasteiger partial charge in [0.15, 0.2) is 0 Å². The number of halogens is 2. The molecule has 0 unspecified atom stereocenters. The summed E-state index contributed by atoms with van der Waals surface area (Å²) in [6.45, 7) is -0.298. The zero-order valence-corrected chi connectivity index (χ0v) is 24.0. The molecule has 12 nitrogen and oxygen atoms in total. The van der Waals surface area contributed by atoms with Gasteiger partial charge in [0.25, 0.3) is 5.56 Å². The van der Waals surface area contributed by atoms with Crippen LogP contribution in [0.2, 0.25) is 5.02 Å². The summed E-state index contributed by atoms with van der Waals surface area (Å²) in [5.41, 5.74) is -0.525. The number of benzene rings is 2. The predicted octanol–water partition coefficient (Wildman–Crippen LogP) is 2.64. The number of carbonyl (C=O) groups excluding carboxylic acids is 2. The molecule has 3 aromatic rings. The summed E-state index contributed by atoms with van der Waals surface area (Å²) in [6.07, 6.45) is 2.76. The van der Waals surface area contributed by atoms with Gasteiger partial charge in [0.05, 0.1) is 17.7 Å². The molecule has 0 aliphatic carbocycles. The lowest BCUT2D eigenvalue weighted by atomic mass is 10.0. The molecule has 1 aromatic heterocycles. The van der Waals surface area contributed by atoms with Crippen LogP contribution in [-0.2, 0) is 29.1 Å². The molecule has 3 heterocycles. The molecular formula is C29H29ClFN5O7. The van der Waals surface area contributed by atoms with Crippen LogP contribution in [0.4, 0.5) is 14.9 Å². The van der Waals surface area contributed by atoms with Crippen molar-refractivity contribution in [2.24, 2.45) is 0 Å². The minimum atomic E-state index is -1.44. The number of hydrogen-bond acceptors (Lipinski definition) is 6. The fourth-order valence-corrected chi connectivity index (χ4v) is 5.74. The van der Waals surface area contributed by atoms with Crippen LogP contribution in [0.1, 0.15) is 18.4 Å². The fourth-order valence-electron chi connectivity index (χ4n) is 5.51. The number of nitrogens with one attached hydrogen (secondary N) is 1. The number of carbonyl (C=O) groups is 3. The van der Waals surface area contributed by atoms with E-state index in [-0.39, 0.29) is 28.2 Å². The molecule has 2 aliphatic rings. The van der Waals surface area contributed by atoms with Crippen LogP contribution in [0.3, 0.4) is 0 Å². The van der Waals surface area contributed by atoms with Crippen molar-refractivity contribution >= 4 is 35.2 Å². The summed E-state index contributed by atoms with van der Waals surface area (Å²) >= 11 is 6.08. The smallest absolute Gasteiger partial charge is 0.332 e. The maximum atomic E-state index is 14.2. The summed E-state index contributed by atoms with van der Waals surface area (Å²) in [5, 5.41) is 11.9. The highest BCUT2D eigenvalue weighted by atomic mass is 35.5. The van der Waals surface area contributed by atoms with Gasteiger partial charge in [0.2, 0.25) is 5.91 Å². The molecule has 0 bridgehead atoms. The van der Waals surface area contributed by atoms with Gasteiger partial charge in [-0.2, -0.15) is 0 Å². The summed E-state index contributed by atoms with van der Waals surface area (Å²) in [4.78, 5) is 67.2. The van der Waals surface area contributed by atoms with Gasteiger partial charge in [0.1, 0.15) is 24.7 Å². The number of aliphatic carboxylic acids is 1. The second-order valence-corrected chi connectivity index (χ2v) is 10.7. The molecule has 5 rings (SSSR count). The SMILES string of the molecule is COc1ccc2c(c1)CCN(C1CCN(C(=O)Cn3cc(-c4cccc(F)c4Cl)c(=O)n(CC(=O)O)c3=O)CC1)C(=O)N2. The Labute approximate surface area is 249 Å². The standard InChI is InChI=1S/C29H29ClFN5O7/c1-43-19-5-6-23-17(13-19)7-12-35(28(41)32-23)18-8-10-33(11-9-18)24(37)15-34-14-21(20-3-2-4-22(31)26(20)30)27(40)36(29(34)42)16-25(38)39/h2-6,13-14,18H,7-12,15-16H2,1H3,(H,32,41)(H,38,39). The van der Waals surface area contributed by atoms with Crippen molar-refractivity contribution in [2.45, 2.75) is 38.4 Å². The first-order valence-electron chi connectivity index (χ1n) is 13.6. The molecule has 2 aliphatic heterocycles. The van der Waals surface area contributed by atoms with Gasteiger partial charge in [-0.3, -0.25) is 19.0 Å². The van der Waals surface area contributed by atoms with Crippen LogP contribution < -0.4 is 21.3 Å². The van der Waals surface area contributed by atoms with Crippen molar-refractivity contribution in [2.75, 3.05) is 32.1 Å². The van der Waals surface area contributed by atoms with Crippen LogP contribution in [0, 0.1) is 5.82 Å². The number of hydrogen-bond donors (Lipinski definition) is 2. The van der Waals surface area contributed by atoms with Gasteiger partial charge in [-0.1, -0.05) is 23.7 Å². The number of piperidine rings is 1. The summed E-state index contributed by atoms with van der Waals surface area (Å²) in [7, 11) is 1.58. The number of likely N-dealkylation sites (tertiary alicyclic amines) is 1. The Morgan fingerprint density at radius 1 is 1.07 bits per heavy atom. The summed E-state index contributed by atoms with van der Waals surface area (Å²) < 4.78 is 20.9. The van der Waals surface area contributed by atoms with E-state index >= 15 is 0 Å². The van der Waals surface area contributed by atoms with Crippen molar-refractivity contribution in [3.63, 3.8) is 0 Å². The van der Waals surface area contributed by atoms with E-state index in [1.54, 1.807) is 23.0 Å². The molecular weight excluding hydrogens is 585 g/mol. The van der Waals surface area contributed by atoms with Crippen molar-refractivity contribution in [3.8, 4) is 16.9 Å². The molecule has 2 aromatic carbocycles. The number of methoxy groups -OCH3 is 1. The largest absolute Gasteiger partial charge is 0.497 e. The number of rotatable bonds is 7. The van der Waals surface area contributed by atoms with Gasteiger partial charge in [-0.05, 0) is 49.1 Å². The van der Waals surface area contributed by atoms with Gasteiger partial charge >= 0.3 is 17.7 Å². The Morgan fingerprint density at radius 2 is 1.81 bits per heavy atom. The normalized spacial score (nSPS) is 15.5. The molecule has 0 radical (unpaired) electrons. The van der Waals surface area contributed by atoms with E-state index in [1.165, 1.54) is 12.1 Å². The predicted molar refractivity (Wildman–Crippen MR) is 155 cm³/mol. The Bertz CT molecular complexity index is 1710. The first-order valence-corrected chi connectivity index (χ1v) is 14.0. The first-order chi connectivity index (χ1) is 20.6. The van der Waals surface area contributed by atoms with E-state index in [0.29, 0.717) is 49.2 Å². The highest BCUT2D eigenvalue weighted by Gasteiger charge is 2.32. The number of amides is 3. The van der Waals surface area contributed by atoms with Crippen molar-refractivity contribution < 1.29 is 28.6 Å². The van der Waals surface area contributed by atoms with E-state index in [9.17, 15) is 33.5 Å². The third-order valence-electron chi connectivity index (χ3n) is 7.77. The molecule has 0 atom stereocenters. The van der Waals surface area contributed by atoms with E-state index in [0.717, 1.165) is 28.1 Å². The Morgan fingerprint density at radius 3 is 2.51 bits per heavy atom. The third kappa shape index (κ3) is 6.12. The molecule has 1 saturated heterocycles. The van der Waals surface area contributed by atoms with Gasteiger partial charge in [-0.15, -0.1) is 0 Å². The molecule has 2 N–H and O–H groups in total. The quantitative estimate of drug-likeness (QED) is 0.417. The maximum Gasteiger partial charge on any atom is 0.332 e. The van der Waals surface area contributed by atoms with Gasteiger partial charge < -0.3 is 25.0 Å². The Hall–Kier alpha value is -4.65. The monoisotopic (exact) mass is 613 g/mol. The van der Waals surface area contributed by atoms with Crippen LogP contribution >= 0.6 is 11.6 Å². The number of anilines is 1. The molecule has 0 saturated carbocycles. The van der Waals surface area contributed by atoms with Gasteiger partial charge in [0, 0.05) is 43.1 Å². The van der Waals surface area contributed by atoms with E-state index < -0.39 is 42.0 Å². The number of carboxylic acids is 1. The molecule has 0 spiro atoms. The average Bonchev–Trinajstić information content (AvgIpc) is 3.15. The number of carboxylic acid groups (broad SMARTS) is 1. The molecule has 3 amide bonds. The summed E-state index contributed by atoms with van der Waals surface area (Å²) in [5.74, 6) is -1.97. The fraction of sp³-hybridized carbons (Fsp3) is 0.345. The first kappa shape index (κ1) is 29.8. The minimum absolute atomic E-state index is 0.0378. The van der Waals surface area contributed by atoms with E-state index in [1.807, 2.05) is 12.1 Å². The maximum absolute atomic E-state index is 14.2. The number of urea groups is 1. The number of nitrogens with zero attached hydrogens (tertiary/aromatic N) is 4. The molecule has 226 valence electrons. The molecule has 14 heteroatoms. The zero-order chi connectivity index (χ0) is 30.8. The van der Waals surface area contributed by atoms with E-state index in [4.69, 9.17) is 16.3 Å². The Balaban J connectivity index is 1.31. The third-order valence-corrected chi connectivity index (χ3v) is 8.16. The average molecular weight is 614 g/mol. The lowest BCUT2D eigenvalue weighted by Gasteiger charge is -2.38. The van der Waals surface area contributed by atoms with Crippen LogP contribution in [0.5, 0.6) is 5.75 Å². The zero-order valence-electron chi connectivity index (χ0n) is 23.2. The number of aromatic nitrogens is 2. The van der Waals surface area contributed by atoms with Crippen molar-refractivity contribution in [3.05, 3.63) is 79.8 Å². The Kier molecular flexibility index (Phi) is 8.53. The minimum Gasteiger partial charge on any atom is -0.497 e. The second-order valence-electron chi connectivity index (χ2n) is 10.3. The lowest BCUT2D eigenvalue weighted by Crippen LogP contribution is -2.51. The number of fused-ring (bicyclic) bond motifs is 1. The van der Waals surface area contributed by atoms with Crippen LogP contribution in [-0.4, -0.2) is 74.7 Å². The topological polar surface area (TPSA) is 143 Å². The highest BCUT2D eigenvalue weighted by Crippen LogP contribution is 2.29. The lowest BCUT2D eigenvalue weighted by molar-refractivity contribution is -0.137. The molecule has 43 heavy (non-hydrogen) atoms. The van der Waals surface area contributed by atoms with Crippen molar-refractivity contribution in [1.82, 2.24) is 18.9 Å². The molecule has 1 fully saturated rings. The van der Waals surface area contributed by atoms with Crippen LogP contribution in [0.15, 0.2) is 52.2 Å². The van der Waals surface area contributed by atoms with Crippen LogP contribution in [0.25, 0.3) is 11.1 Å². The van der Waals surface area contributed by atoms with Crippen molar-refractivity contribution in [1.29, 1.82) is 0 Å². The van der Waals surface area contributed by atoms with E-state index in [2.05, 4.69) is 5.32 Å². The number of ether oxygens (including phenoxy) is 1. The highest BCUT2D eigenvalue weighted by molar-refractivity contribution is 6.33. The summed E-state index contributed by atoms with van der Waals surface area (Å²) in [6, 6.07) is 8.95.